The summed E-state index contributed by atoms with van der Waals surface area (Å²) < 4.78 is 20.5. The van der Waals surface area contributed by atoms with Crippen LogP contribution in [-0.2, 0) is 19.4 Å². The van der Waals surface area contributed by atoms with E-state index in [-0.39, 0.29) is 29.8 Å². The maximum Gasteiger partial charge on any atom is 0.226 e. The van der Waals surface area contributed by atoms with Gasteiger partial charge in [0.15, 0.2) is 5.96 Å². The van der Waals surface area contributed by atoms with Crippen molar-refractivity contribution in [2.24, 2.45) is 4.99 Å². The number of hydrogen-bond donors (Lipinski definition) is 2. The Labute approximate surface area is 186 Å². The van der Waals surface area contributed by atoms with E-state index in [2.05, 4.69) is 37.7 Å². The van der Waals surface area contributed by atoms with Gasteiger partial charge in [0.05, 0.1) is 5.69 Å². The van der Waals surface area contributed by atoms with Crippen LogP contribution in [0.25, 0.3) is 11.5 Å². The Morgan fingerprint density at radius 1 is 1.21 bits per heavy atom. The Morgan fingerprint density at radius 2 is 1.97 bits per heavy atom. The maximum absolute atomic E-state index is 13.0. The Hall–Kier alpha value is -2.50. The summed E-state index contributed by atoms with van der Waals surface area (Å²) in [5.41, 5.74) is 1.57. The third-order valence-electron chi connectivity index (χ3n) is 4.20. The van der Waals surface area contributed by atoms with Gasteiger partial charge in [-0.25, -0.2) is 9.37 Å². The van der Waals surface area contributed by atoms with Crippen LogP contribution in [0, 0.1) is 5.82 Å². The van der Waals surface area contributed by atoms with Crippen molar-refractivity contribution in [3.8, 4) is 11.5 Å². The first kappa shape index (κ1) is 22.8. The van der Waals surface area contributed by atoms with Crippen LogP contribution in [0.2, 0.25) is 0 Å². The molecule has 1 aromatic carbocycles. The van der Waals surface area contributed by atoms with Crippen LogP contribution >= 0.6 is 24.0 Å². The number of hydrogen-bond acceptors (Lipinski definition) is 5. The molecule has 3 aromatic rings. The SMILES string of the molecule is CCc1nncn1CCNC(=NC)NCCc1coc(-c2ccc(F)cc2)n1.I. The monoisotopic (exact) mass is 513 g/mol. The number of aryl methyl sites for hydroxylation is 1. The number of aliphatic imine (C=N–C) groups is 1. The van der Waals surface area contributed by atoms with E-state index in [0.717, 1.165) is 30.0 Å². The minimum Gasteiger partial charge on any atom is -0.444 e. The Bertz CT molecular complexity index is 907. The molecular formula is C19H25FIN7O. The molecule has 0 aliphatic carbocycles. The molecule has 0 unspecified atom stereocenters. The van der Waals surface area contributed by atoms with Gasteiger partial charge in [-0.3, -0.25) is 4.99 Å². The molecule has 0 spiro atoms. The van der Waals surface area contributed by atoms with Crippen LogP contribution in [0.4, 0.5) is 4.39 Å². The molecule has 0 amide bonds. The Morgan fingerprint density at radius 3 is 2.69 bits per heavy atom. The quantitative estimate of drug-likeness (QED) is 0.274. The normalized spacial score (nSPS) is 11.2. The van der Waals surface area contributed by atoms with Gasteiger partial charge in [0.1, 0.15) is 24.2 Å². The average molecular weight is 513 g/mol. The average Bonchev–Trinajstić information content (AvgIpc) is 3.36. The van der Waals surface area contributed by atoms with Gasteiger partial charge < -0.3 is 19.6 Å². The van der Waals surface area contributed by atoms with Crippen molar-refractivity contribution in [3.63, 3.8) is 0 Å². The van der Waals surface area contributed by atoms with Crippen molar-refractivity contribution < 1.29 is 8.81 Å². The van der Waals surface area contributed by atoms with E-state index in [4.69, 9.17) is 4.42 Å². The molecule has 10 heteroatoms. The van der Waals surface area contributed by atoms with E-state index in [1.54, 1.807) is 31.8 Å². The predicted molar refractivity (Wildman–Crippen MR) is 120 cm³/mol. The highest BCUT2D eigenvalue weighted by Crippen LogP contribution is 2.18. The van der Waals surface area contributed by atoms with Gasteiger partial charge in [0.2, 0.25) is 5.89 Å². The minimum atomic E-state index is -0.283. The van der Waals surface area contributed by atoms with Gasteiger partial charge in [0, 0.05) is 45.1 Å². The van der Waals surface area contributed by atoms with Crippen molar-refractivity contribution in [1.29, 1.82) is 0 Å². The van der Waals surface area contributed by atoms with Crippen LogP contribution < -0.4 is 10.6 Å². The smallest absolute Gasteiger partial charge is 0.226 e. The highest BCUT2D eigenvalue weighted by molar-refractivity contribution is 14.0. The van der Waals surface area contributed by atoms with Crippen molar-refractivity contribution in [2.45, 2.75) is 26.3 Å². The molecule has 0 radical (unpaired) electrons. The molecule has 29 heavy (non-hydrogen) atoms. The first-order chi connectivity index (χ1) is 13.7. The van der Waals surface area contributed by atoms with E-state index < -0.39 is 0 Å². The number of benzene rings is 1. The lowest BCUT2D eigenvalue weighted by Crippen LogP contribution is -2.39. The summed E-state index contributed by atoms with van der Waals surface area (Å²) in [4.78, 5) is 8.66. The molecule has 0 aliphatic heterocycles. The fourth-order valence-corrected chi connectivity index (χ4v) is 2.71. The number of aromatic nitrogens is 4. The van der Waals surface area contributed by atoms with Crippen molar-refractivity contribution >= 4 is 29.9 Å². The number of guanidine groups is 1. The number of rotatable bonds is 8. The molecule has 0 saturated heterocycles. The second-order valence-corrected chi connectivity index (χ2v) is 6.12. The zero-order valence-electron chi connectivity index (χ0n) is 16.4. The number of nitrogens with zero attached hydrogens (tertiary/aromatic N) is 5. The summed E-state index contributed by atoms with van der Waals surface area (Å²) in [5.74, 6) is 1.88. The highest BCUT2D eigenvalue weighted by atomic mass is 127. The first-order valence-electron chi connectivity index (χ1n) is 9.21. The summed E-state index contributed by atoms with van der Waals surface area (Å²) in [5, 5.41) is 14.5. The largest absolute Gasteiger partial charge is 0.444 e. The molecule has 2 N–H and O–H groups in total. The van der Waals surface area contributed by atoms with E-state index >= 15 is 0 Å². The molecule has 8 nitrogen and oxygen atoms in total. The fraction of sp³-hybridized carbons (Fsp3) is 0.368. The van der Waals surface area contributed by atoms with Crippen LogP contribution in [0.3, 0.4) is 0 Å². The Kier molecular flexibility index (Phi) is 9.03. The second kappa shape index (κ2) is 11.5. The maximum atomic E-state index is 13.0. The standard InChI is InChI=1S/C19H24FN7O.HI/c1-3-17-26-24-13-27(17)11-10-23-19(21-2)22-9-8-16-12-28-18(25-16)14-4-6-15(20)7-5-14;/h4-7,12-13H,3,8-11H2,1-2H3,(H2,21,22,23);1H. The number of oxazole rings is 1. The van der Waals surface area contributed by atoms with E-state index in [0.29, 0.717) is 31.4 Å². The molecule has 156 valence electrons. The van der Waals surface area contributed by atoms with Crippen molar-refractivity contribution in [2.75, 3.05) is 20.1 Å². The summed E-state index contributed by atoms with van der Waals surface area (Å²) in [6.07, 6.45) is 4.89. The lowest BCUT2D eigenvalue weighted by molar-refractivity contribution is 0.571. The molecule has 2 aromatic heterocycles. The number of halogens is 2. The van der Waals surface area contributed by atoms with Gasteiger partial charge in [-0.2, -0.15) is 0 Å². The zero-order valence-corrected chi connectivity index (χ0v) is 18.8. The lowest BCUT2D eigenvalue weighted by atomic mass is 10.2. The molecule has 0 fully saturated rings. The highest BCUT2D eigenvalue weighted by Gasteiger charge is 2.07. The second-order valence-electron chi connectivity index (χ2n) is 6.12. The molecule has 0 bridgehead atoms. The van der Waals surface area contributed by atoms with E-state index in [1.165, 1.54) is 12.1 Å². The van der Waals surface area contributed by atoms with Gasteiger partial charge in [-0.15, -0.1) is 34.2 Å². The third kappa shape index (κ3) is 6.51. The topological polar surface area (TPSA) is 93.2 Å². The zero-order chi connectivity index (χ0) is 19.8. The molecular weight excluding hydrogens is 488 g/mol. The lowest BCUT2D eigenvalue weighted by Gasteiger charge is -2.12. The summed E-state index contributed by atoms with van der Waals surface area (Å²) in [6.45, 7) is 4.19. The summed E-state index contributed by atoms with van der Waals surface area (Å²) in [6, 6.07) is 6.07. The molecule has 0 atom stereocenters. The van der Waals surface area contributed by atoms with Crippen LogP contribution in [0.15, 0.2) is 46.3 Å². The number of nitrogens with one attached hydrogen (secondary N) is 2. The molecule has 3 rings (SSSR count). The third-order valence-corrected chi connectivity index (χ3v) is 4.20. The van der Waals surface area contributed by atoms with Gasteiger partial charge in [-0.05, 0) is 24.3 Å². The van der Waals surface area contributed by atoms with Crippen LogP contribution in [-0.4, -0.2) is 45.8 Å². The van der Waals surface area contributed by atoms with Crippen LogP contribution in [0.5, 0.6) is 0 Å². The molecule has 0 saturated carbocycles. The van der Waals surface area contributed by atoms with E-state index in [9.17, 15) is 4.39 Å². The van der Waals surface area contributed by atoms with Crippen LogP contribution in [0.1, 0.15) is 18.4 Å². The van der Waals surface area contributed by atoms with Crippen molar-refractivity contribution in [1.82, 2.24) is 30.4 Å². The fourth-order valence-electron chi connectivity index (χ4n) is 2.71. The van der Waals surface area contributed by atoms with Crippen molar-refractivity contribution in [3.05, 3.63) is 54.2 Å². The van der Waals surface area contributed by atoms with Gasteiger partial charge >= 0.3 is 0 Å². The first-order valence-corrected chi connectivity index (χ1v) is 9.21. The van der Waals surface area contributed by atoms with Gasteiger partial charge in [0.25, 0.3) is 0 Å². The van der Waals surface area contributed by atoms with Gasteiger partial charge in [-0.1, -0.05) is 6.92 Å². The predicted octanol–water partition coefficient (Wildman–Crippen LogP) is 2.66. The van der Waals surface area contributed by atoms with E-state index in [1.807, 2.05) is 4.57 Å². The molecule has 2 heterocycles. The molecule has 0 aliphatic rings. The Balaban J connectivity index is 0.00000300. The summed E-state index contributed by atoms with van der Waals surface area (Å²) >= 11 is 0. The summed E-state index contributed by atoms with van der Waals surface area (Å²) in [7, 11) is 1.73. The minimum absolute atomic E-state index is 0.